The molecule has 1 aliphatic heterocycles. The predicted molar refractivity (Wildman–Crippen MR) is 128 cm³/mol. The summed E-state index contributed by atoms with van der Waals surface area (Å²) in [5, 5.41) is 6.45. The molecule has 31 heavy (non-hydrogen) atoms. The second kappa shape index (κ2) is 14.9. The van der Waals surface area contributed by atoms with E-state index in [9.17, 15) is 13.2 Å². The highest BCUT2D eigenvalue weighted by Gasteiger charge is 2.30. The van der Waals surface area contributed by atoms with Gasteiger partial charge in [-0.05, 0) is 43.7 Å². The van der Waals surface area contributed by atoms with Gasteiger partial charge in [0.05, 0.1) is 18.8 Å². The summed E-state index contributed by atoms with van der Waals surface area (Å²) in [5.74, 6) is 1.25. The molecule has 0 aliphatic carbocycles. The lowest BCUT2D eigenvalue weighted by Gasteiger charge is -2.16. The van der Waals surface area contributed by atoms with Crippen molar-refractivity contribution in [1.29, 1.82) is 0 Å². The quantitative estimate of drug-likeness (QED) is 0.178. The number of alkyl halides is 3. The Bertz CT molecular complexity index is 653. The lowest BCUT2D eigenvalue weighted by molar-refractivity contribution is -0.137. The highest BCUT2D eigenvalue weighted by Crippen LogP contribution is 2.31. The van der Waals surface area contributed by atoms with Crippen molar-refractivity contribution >= 4 is 29.9 Å². The number of aliphatic imine (C=N–C) groups is 1. The van der Waals surface area contributed by atoms with E-state index in [1.165, 1.54) is 12.1 Å². The molecule has 5 nitrogen and oxygen atoms in total. The smallest absolute Gasteiger partial charge is 0.381 e. The van der Waals surface area contributed by atoms with E-state index in [4.69, 9.17) is 9.47 Å². The lowest BCUT2D eigenvalue weighted by atomic mass is 9.96. The van der Waals surface area contributed by atoms with Crippen molar-refractivity contribution in [3.63, 3.8) is 0 Å². The average Bonchev–Trinajstić information content (AvgIpc) is 3.23. The molecule has 0 radical (unpaired) electrons. The Morgan fingerprint density at radius 2 is 2.13 bits per heavy atom. The van der Waals surface area contributed by atoms with Crippen molar-refractivity contribution in [1.82, 2.24) is 10.6 Å². The molecule has 1 aliphatic rings. The van der Waals surface area contributed by atoms with Gasteiger partial charge in [-0.25, -0.2) is 0 Å². The van der Waals surface area contributed by atoms with Gasteiger partial charge in [0.2, 0.25) is 0 Å². The minimum atomic E-state index is -4.31. The number of hydrogen-bond acceptors (Lipinski definition) is 3. The van der Waals surface area contributed by atoms with Crippen LogP contribution in [0.5, 0.6) is 0 Å². The van der Waals surface area contributed by atoms with E-state index in [1.54, 1.807) is 6.07 Å². The van der Waals surface area contributed by atoms with Crippen LogP contribution >= 0.6 is 24.0 Å². The van der Waals surface area contributed by atoms with Gasteiger partial charge in [0.1, 0.15) is 0 Å². The number of ether oxygens (including phenoxy) is 2. The SMILES string of the molecule is CCNC(=NCCCOCC1CCOC1)NCCC(C)c1cccc(C(F)(F)F)c1.I. The van der Waals surface area contributed by atoms with Gasteiger partial charge in [0.15, 0.2) is 5.96 Å². The van der Waals surface area contributed by atoms with Crippen molar-refractivity contribution in [2.45, 2.75) is 45.2 Å². The van der Waals surface area contributed by atoms with E-state index in [0.29, 0.717) is 37.6 Å². The first-order valence-electron chi connectivity index (χ1n) is 10.7. The minimum Gasteiger partial charge on any atom is -0.381 e. The number of guanidine groups is 1. The van der Waals surface area contributed by atoms with Crippen molar-refractivity contribution in [3.05, 3.63) is 35.4 Å². The number of benzene rings is 1. The van der Waals surface area contributed by atoms with Crippen LogP contribution in [0.2, 0.25) is 0 Å². The van der Waals surface area contributed by atoms with Crippen LogP contribution in [0.1, 0.15) is 50.2 Å². The van der Waals surface area contributed by atoms with Gasteiger partial charge in [-0.15, -0.1) is 24.0 Å². The Kier molecular flexibility index (Phi) is 13.4. The molecule has 0 spiro atoms. The standard InChI is InChI=1S/C22H34F3N3O2.HI/c1-3-26-21(27-10-5-12-29-15-18-9-13-30-16-18)28-11-8-17(2)19-6-4-7-20(14-19)22(23,24)25;/h4,6-7,14,17-18H,3,5,8-13,15-16H2,1-2H3,(H2,26,27,28);1H. The molecule has 0 saturated carbocycles. The molecule has 1 aromatic rings. The van der Waals surface area contributed by atoms with Gasteiger partial charge in [0, 0.05) is 38.8 Å². The van der Waals surface area contributed by atoms with Crippen LogP contribution in [0.25, 0.3) is 0 Å². The van der Waals surface area contributed by atoms with Gasteiger partial charge >= 0.3 is 6.18 Å². The molecule has 0 amide bonds. The lowest BCUT2D eigenvalue weighted by Crippen LogP contribution is -2.38. The van der Waals surface area contributed by atoms with Gasteiger partial charge in [0.25, 0.3) is 0 Å². The summed E-state index contributed by atoms with van der Waals surface area (Å²) in [6.07, 6.45) is -1.69. The average molecular weight is 557 g/mol. The second-order valence-electron chi connectivity index (χ2n) is 7.66. The van der Waals surface area contributed by atoms with Crippen LogP contribution in [0.3, 0.4) is 0 Å². The summed E-state index contributed by atoms with van der Waals surface area (Å²) in [6, 6.07) is 5.56. The minimum absolute atomic E-state index is 0. The topological polar surface area (TPSA) is 54.9 Å². The zero-order chi connectivity index (χ0) is 21.8. The van der Waals surface area contributed by atoms with E-state index >= 15 is 0 Å². The Morgan fingerprint density at radius 1 is 1.32 bits per heavy atom. The molecule has 2 N–H and O–H groups in total. The monoisotopic (exact) mass is 557 g/mol. The number of hydrogen-bond donors (Lipinski definition) is 2. The predicted octanol–water partition coefficient (Wildman–Crippen LogP) is 4.82. The van der Waals surface area contributed by atoms with Crippen LogP contribution in [0.15, 0.2) is 29.3 Å². The normalized spacial score (nSPS) is 17.8. The summed E-state index contributed by atoms with van der Waals surface area (Å²) in [4.78, 5) is 4.54. The van der Waals surface area contributed by atoms with Crippen LogP contribution < -0.4 is 10.6 Å². The zero-order valence-corrected chi connectivity index (χ0v) is 20.7. The molecule has 2 rings (SSSR count). The molecular weight excluding hydrogens is 522 g/mol. The number of nitrogens with zero attached hydrogens (tertiary/aromatic N) is 1. The summed E-state index contributed by atoms with van der Waals surface area (Å²) in [6.45, 7) is 9.01. The molecule has 1 saturated heterocycles. The third-order valence-corrected chi connectivity index (χ3v) is 5.09. The van der Waals surface area contributed by atoms with Crippen molar-refractivity contribution in [2.24, 2.45) is 10.9 Å². The van der Waals surface area contributed by atoms with Gasteiger partial charge < -0.3 is 20.1 Å². The molecule has 2 unspecified atom stereocenters. The first-order chi connectivity index (χ1) is 14.4. The Balaban J connectivity index is 0.00000480. The molecular formula is C22H35F3IN3O2. The Morgan fingerprint density at radius 3 is 2.81 bits per heavy atom. The first-order valence-corrected chi connectivity index (χ1v) is 10.7. The number of rotatable bonds is 11. The van der Waals surface area contributed by atoms with Crippen LogP contribution in [-0.2, 0) is 15.7 Å². The molecule has 1 aromatic carbocycles. The van der Waals surface area contributed by atoms with E-state index in [0.717, 1.165) is 51.2 Å². The molecule has 9 heteroatoms. The maximum absolute atomic E-state index is 12.9. The first kappa shape index (κ1) is 28.0. The third-order valence-electron chi connectivity index (χ3n) is 5.09. The fourth-order valence-electron chi connectivity index (χ4n) is 3.26. The fourth-order valence-corrected chi connectivity index (χ4v) is 3.26. The molecule has 2 atom stereocenters. The third kappa shape index (κ3) is 10.9. The van der Waals surface area contributed by atoms with Crippen molar-refractivity contribution < 1.29 is 22.6 Å². The maximum atomic E-state index is 12.9. The van der Waals surface area contributed by atoms with E-state index in [1.807, 2.05) is 13.8 Å². The van der Waals surface area contributed by atoms with Gasteiger partial charge in [-0.3, -0.25) is 4.99 Å². The van der Waals surface area contributed by atoms with Crippen LogP contribution in [-0.4, -0.2) is 52.0 Å². The molecule has 1 fully saturated rings. The van der Waals surface area contributed by atoms with E-state index in [-0.39, 0.29) is 29.9 Å². The van der Waals surface area contributed by atoms with Crippen LogP contribution in [0, 0.1) is 5.92 Å². The highest BCUT2D eigenvalue weighted by molar-refractivity contribution is 14.0. The Hall–Kier alpha value is -1.07. The van der Waals surface area contributed by atoms with E-state index < -0.39 is 11.7 Å². The summed E-state index contributed by atoms with van der Waals surface area (Å²) in [5.41, 5.74) is 0.0933. The number of halogens is 4. The molecule has 0 aromatic heterocycles. The fraction of sp³-hybridized carbons (Fsp3) is 0.682. The highest BCUT2D eigenvalue weighted by atomic mass is 127. The van der Waals surface area contributed by atoms with Gasteiger partial charge in [-0.2, -0.15) is 13.2 Å². The molecule has 178 valence electrons. The zero-order valence-electron chi connectivity index (χ0n) is 18.3. The number of nitrogens with one attached hydrogen (secondary N) is 2. The Labute approximate surface area is 200 Å². The van der Waals surface area contributed by atoms with Crippen molar-refractivity contribution in [3.8, 4) is 0 Å². The second-order valence-corrected chi connectivity index (χ2v) is 7.66. The molecule has 1 heterocycles. The largest absolute Gasteiger partial charge is 0.416 e. The summed E-state index contributed by atoms with van der Waals surface area (Å²) < 4.78 is 49.7. The van der Waals surface area contributed by atoms with Crippen molar-refractivity contribution in [2.75, 3.05) is 46.1 Å². The van der Waals surface area contributed by atoms with Crippen LogP contribution in [0.4, 0.5) is 13.2 Å². The molecule has 0 bridgehead atoms. The summed E-state index contributed by atoms with van der Waals surface area (Å²) in [7, 11) is 0. The maximum Gasteiger partial charge on any atom is 0.416 e. The van der Waals surface area contributed by atoms with E-state index in [2.05, 4.69) is 15.6 Å². The van der Waals surface area contributed by atoms with Gasteiger partial charge in [-0.1, -0.05) is 25.1 Å². The summed E-state index contributed by atoms with van der Waals surface area (Å²) >= 11 is 0.